The number of nitrogens with one attached hydrogen (secondary N) is 1. The summed E-state index contributed by atoms with van der Waals surface area (Å²) in [4.78, 5) is 32.2. The van der Waals surface area contributed by atoms with E-state index in [9.17, 15) is 22.8 Å². The molecule has 0 aromatic heterocycles. The van der Waals surface area contributed by atoms with E-state index in [1.165, 1.54) is 17.0 Å². The van der Waals surface area contributed by atoms with E-state index in [1.54, 1.807) is 36.4 Å². The quantitative estimate of drug-likeness (QED) is 0.283. The molecule has 3 aromatic carbocycles. The summed E-state index contributed by atoms with van der Waals surface area (Å²) >= 11 is 7.01. The molecular formula is C29H27ClF3N3O3S. The Labute approximate surface area is 239 Å². The average Bonchev–Trinajstić information content (AvgIpc) is 2.92. The summed E-state index contributed by atoms with van der Waals surface area (Å²) < 4.78 is 45.4. The molecule has 40 heavy (non-hydrogen) atoms. The highest BCUT2D eigenvalue weighted by Gasteiger charge is 2.36. The first-order valence-electron chi connectivity index (χ1n) is 12.6. The SMILES string of the molecule is CCCOc1ccc(NC(=O)C2CC(=O)N(CCc3ccc(Cl)cc3)C(=Nc3cccc(C(F)(F)F)c3)S2)cc1. The largest absolute Gasteiger partial charge is 0.494 e. The Morgan fingerprint density at radius 2 is 1.85 bits per heavy atom. The van der Waals surface area contributed by atoms with Gasteiger partial charge in [-0.25, -0.2) is 4.99 Å². The van der Waals surface area contributed by atoms with E-state index in [-0.39, 0.29) is 29.7 Å². The lowest BCUT2D eigenvalue weighted by Gasteiger charge is -2.32. The maximum Gasteiger partial charge on any atom is 0.416 e. The smallest absolute Gasteiger partial charge is 0.416 e. The van der Waals surface area contributed by atoms with Gasteiger partial charge in [0.25, 0.3) is 0 Å². The fraction of sp³-hybridized carbons (Fsp3) is 0.276. The van der Waals surface area contributed by atoms with Crippen molar-refractivity contribution in [3.05, 3.63) is 88.9 Å². The van der Waals surface area contributed by atoms with Crippen molar-refractivity contribution in [1.82, 2.24) is 4.90 Å². The summed E-state index contributed by atoms with van der Waals surface area (Å²) in [6.07, 6.45) is -3.29. The van der Waals surface area contributed by atoms with Gasteiger partial charge in [-0.1, -0.05) is 48.5 Å². The van der Waals surface area contributed by atoms with Gasteiger partial charge < -0.3 is 10.1 Å². The molecule has 1 saturated heterocycles. The van der Waals surface area contributed by atoms with Gasteiger partial charge in [-0.05, 0) is 73.0 Å². The predicted octanol–water partition coefficient (Wildman–Crippen LogP) is 7.35. The number of hydrogen-bond acceptors (Lipinski definition) is 5. The van der Waals surface area contributed by atoms with Gasteiger partial charge in [0, 0.05) is 23.7 Å². The van der Waals surface area contributed by atoms with Crippen molar-refractivity contribution in [3.63, 3.8) is 0 Å². The van der Waals surface area contributed by atoms with Crippen LogP contribution in [0.25, 0.3) is 0 Å². The van der Waals surface area contributed by atoms with Crippen LogP contribution >= 0.6 is 23.4 Å². The lowest BCUT2D eigenvalue weighted by Crippen LogP contribution is -2.46. The van der Waals surface area contributed by atoms with E-state index in [2.05, 4.69) is 10.3 Å². The number of aliphatic imine (C=N–C) groups is 1. The summed E-state index contributed by atoms with van der Waals surface area (Å²) in [6, 6.07) is 18.6. The molecule has 1 atom stereocenters. The molecule has 0 bridgehead atoms. The van der Waals surface area contributed by atoms with Gasteiger partial charge in [0.1, 0.15) is 11.0 Å². The summed E-state index contributed by atoms with van der Waals surface area (Å²) in [5.74, 6) is -0.0783. The van der Waals surface area contributed by atoms with Gasteiger partial charge in [0.05, 0.1) is 17.9 Å². The third kappa shape index (κ3) is 8.02. The van der Waals surface area contributed by atoms with Crippen LogP contribution in [0, 0.1) is 0 Å². The minimum Gasteiger partial charge on any atom is -0.494 e. The van der Waals surface area contributed by atoms with Crippen LogP contribution < -0.4 is 10.1 Å². The number of carbonyl (C=O) groups excluding carboxylic acids is 2. The Balaban J connectivity index is 1.55. The first kappa shape index (κ1) is 29.5. The highest BCUT2D eigenvalue weighted by atomic mass is 35.5. The Morgan fingerprint density at radius 3 is 2.52 bits per heavy atom. The third-order valence-electron chi connectivity index (χ3n) is 5.96. The van der Waals surface area contributed by atoms with E-state index in [1.807, 2.05) is 19.1 Å². The van der Waals surface area contributed by atoms with Gasteiger partial charge in [0.2, 0.25) is 11.8 Å². The van der Waals surface area contributed by atoms with Crippen LogP contribution in [0.2, 0.25) is 5.02 Å². The maximum absolute atomic E-state index is 13.3. The molecule has 1 aliphatic rings. The Bertz CT molecular complexity index is 1370. The number of halogens is 4. The number of alkyl halides is 3. The highest BCUT2D eigenvalue weighted by Crippen LogP contribution is 2.34. The number of amidine groups is 1. The second-order valence-electron chi connectivity index (χ2n) is 9.04. The van der Waals surface area contributed by atoms with E-state index in [4.69, 9.17) is 16.3 Å². The normalized spacial score (nSPS) is 16.7. The van der Waals surface area contributed by atoms with Crippen molar-refractivity contribution in [2.75, 3.05) is 18.5 Å². The number of hydrogen-bond donors (Lipinski definition) is 1. The molecule has 2 amide bonds. The van der Waals surface area contributed by atoms with Gasteiger partial charge in [-0.2, -0.15) is 13.2 Å². The van der Waals surface area contributed by atoms with Crippen molar-refractivity contribution < 1.29 is 27.5 Å². The van der Waals surface area contributed by atoms with Crippen LogP contribution in [-0.4, -0.2) is 40.3 Å². The van der Waals surface area contributed by atoms with E-state index in [0.717, 1.165) is 35.9 Å². The average molecular weight is 590 g/mol. The first-order chi connectivity index (χ1) is 19.1. The van der Waals surface area contributed by atoms with E-state index < -0.39 is 22.9 Å². The molecule has 1 heterocycles. The predicted molar refractivity (Wildman–Crippen MR) is 152 cm³/mol. The molecule has 1 aliphatic heterocycles. The lowest BCUT2D eigenvalue weighted by atomic mass is 10.1. The van der Waals surface area contributed by atoms with Gasteiger partial charge in [-0.15, -0.1) is 0 Å². The molecule has 210 valence electrons. The fourth-order valence-electron chi connectivity index (χ4n) is 3.89. The van der Waals surface area contributed by atoms with Crippen molar-refractivity contribution in [1.29, 1.82) is 0 Å². The van der Waals surface area contributed by atoms with Crippen molar-refractivity contribution in [2.45, 2.75) is 37.6 Å². The summed E-state index contributed by atoms with van der Waals surface area (Å²) in [7, 11) is 0. The number of carbonyl (C=O) groups is 2. The zero-order valence-corrected chi connectivity index (χ0v) is 23.2. The van der Waals surface area contributed by atoms with Gasteiger partial charge in [-0.3, -0.25) is 14.5 Å². The summed E-state index contributed by atoms with van der Waals surface area (Å²) in [6.45, 7) is 2.81. The Hall–Kier alpha value is -3.50. The zero-order chi connectivity index (χ0) is 28.7. The topological polar surface area (TPSA) is 71.0 Å². The molecule has 1 unspecified atom stereocenters. The lowest BCUT2D eigenvalue weighted by molar-refractivity contribution is -0.137. The first-order valence-corrected chi connectivity index (χ1v) is 13.9. The number of anilines is 1. The second-order valence-corrected chi connectivity index (χ2v) is 10.6. The molecule has 1 fully saturated rings. The monoisotopic (exact) mass is 589 g/mol. The van der Waals surface area contributed by atoms with Crippen molar-refractivity contribution >= 4 is 51.7 Å². The molecule has 4 rings (SSSR count). The molecule has 11 heteroatoms. The summed E-state index contributed by atoms with van der Waals surface area (Å²) in [5.41, 5.74) is 0.635. The second kappa shape index (κ2) is 13.2. The number of rotatable bonds is 9. The molecular weight excluding hydrogens is 563 g/mol. The fourth-order valence-corrected chi connectivity index (χ4v) is 5.14. The Kier molecular flexibility index (Phi) is 9.76. The van der Waals surface area contributed by atoms with Crippen LogP contribution in [0.4, 0.5) is 24.5 Å². The summed E-state index contributed by atoms with van der Waals surface area (Å²) in [5, 5.41) is 2.73. The molecule has 6 nitrogen and oxygen atoms in total. The number of ether oxygens (including phenoxy) is 1. The van der Waals surface area contributed by atoms with Crippen LogP contribution in [0.15, 0.2) is 77.8 Å². The van der Waals surface area contributed by atoms with Crippen LogP contribution in [0.1, 0.15) is 30.9 Å². The van der Waals surface area contributed by atoms with E-state index >= 15 is 0 Å². The molecule has 1 N–H and O–H groups in total. The zero-order valence-electron chi connectivity index (χ0n) is 21.6. The number of benzene rings is 3. The minimum atomic E-state index is -4.54. The van der Waals surface area contributed by atoms with Gasteiger partial charge in [0.15, 0.2) is 5.17 Å². The molecule has 3 aromatic rings. The van der Waals surface area contributed by atoms with Gasteiger partial charge >= 0.3 is 6.18 Å². The molecule has 0 aliphatic carbocycles. The third-order valence-corrected chi connectivity index (χ3v) is 7.40. The molecule has 0 saturated carbocycles. The molecule has 0 radical (unpaired) electrons. The van der Waals surface area contributed by atoms with E-state index in [0.29, 0.717) is 29.5 Å². The molecule has 0 spiro atoms. The van der Waals surface area contributed by atoms with Crippen LogP contribution in [0.3, 0.4) is 0 Å². The highest BCUT2D eigenvalue weighted by molar-refractivity contribution is 8.15. The Morgan fingerprint density at radius 1 is 1.12 bits per heavy atom. The van der Waals surface area contributed by atoms with Crippen molar-refractivity contribution in [2.24, 2.45) is 4.99 Å². The van der Waals surface area contributed by atoms with Crippen molar-refractivity contribution in [3.8, 4) is 5.75 Å². The number of amides is 2. The standard InChI is InChI=1S/C29H27ClF3N3O3S/c1-2-16-39-24-12-10-22(11-13-24)34-27(38)25-18-26(37)36(15-14-19-6-8-21(30)9-7-19)28(40-25)35-23-5-3-4-20(17-23)29(31,32)33/h3-13,17,25H,2,14-16,18H2,1H3,(H,34,38). The number of thioether (sulfide) groups is 1. The maximum atomic E-state index is 13.3. The number of nitrogens with zero attached hydrogens (tertiary/aromatic N) is 2. The van der Waals surface area contributed by atoms with Crippen LogP contribution in [-0.2, 0) is 22.2 Å². The van der Waals surface area contributed by atoms with Crippen LogP contribution in [0.5, 0.6) is 5.75 Å². The minimum absolute atomic E-state index is 0.0327.